The van der Waals surface area contributed by atoms with E-state index >= 15 is 0 Å². The van der Waals surface area contributed by atoms with Gasteiger partial charge in [0.25, 0.3) is 0 Å². The summed E-state index contributed by atoms with van der Waals surface area (Å²) >= 11 is 0. The highest BCUT2D eigenvalue weighted by Crippen LogP contribution is 2.25. The number of para-hydroxylation sites is 1. The minimum Gasteiger partial charge on any atom is -0.381 e. The number of nitrogens with one attached hydrogen (secondary N) is 2. The molecule has 0 saturated carbocycles. The van der Waals surface area contributed by atoms with Crippen LogP contribution in [0.25, 0.3) is 0 Å². The van der Waals surface area contributed by atoms with Crippen LogP contribution in [0, 0.1) is 19.8 Å². The zero-order valence-corrected chi connectivity index (χ0v) is 14.3. The van der Waals surface area contributed by atoms with Gasteiger partial charge in [0.2, 0.25) is 5.91 Å². The van der Waals surface area contributed by atoms with Gasteiger partial charge in [0.05, 0.1) is 0 Å². The topological polar surface area (TPSA) is 50.4 Å². The van der Waals surface area contributed by atoms with Gasteiger partial charge in [-0.2, -0.15) is 0 Å². The van der Waals surface area contributed by atoms with Crippen LogP contribution in [-0.2, 0) is 9.53 Å². The highest BCUT2D eigenvalue weighted by molar-refractivity contribution is 5.92. The third-order valence-electron chi connectivity index (χ3n) is 4.49. The maximum Gasteiger partial charge on any atom is 0.227 e. The van der Waals surface area contributed by atoms with Gasteiger partial charge in [0.1, 0.15) is 0 Å². The SMILES string of the molecule is Cc1cccc(C)c1Nc1ccc(NC(=O)C2CCOCC2)cc1. The molecule has 1 aliphatic heterocycles. The summed E-state index contributed by atoms with van der Waals surface area (Å²) in [6.45, 7) is 5.54. The normalized spacial score (nSPS) is 15.1. The van der Waals surface area contributed by atoms with Crippen LogP contribution < -0.4 is 10.6 Å². The zero-order valence-electron chi connectivity index (χ0n) is 14.3. The minimum atomic E-state index is 0.0613. The first-order valence-corrected chi connectivity index (χ1v) is 8.45. The molecule has 1 amide bonds. The number of carbonyl (C=O) groups is 1. The lowest BCUT2D eigenvalue weighted by Gasteiger charge is -2.21. The second-order valence-corrected chi connectivity index (χ2v) is 6.35. The summed E-state index contributed by atoms with van der Waals surface area (Å²) < 4.78 is 5.30. The third kappa shape index (κ3) is 3.95. The molecule has 4 heteroatoms. The summed E-state index contributed by atoms with van der Waals surface area (Å²) in [4.78, 5) is 12.3. The number of aryl methyl sites for hydroxylation is 2. The van der Waals surface area contributed by atoms with Gasteiger partial charge in [0.15, 0.2) is 0 Å². The van der Waals surface area contributed by atoms with Gasteiger partial charge < -0.3 is 15.4 Å². The Kier molecular flexibility index (Phi) is 5.16. The number of carbonyl (C=O) groups excluding carboxylic acids is 1. The second-order valence-electron chi connectivity index (χ2n) is 6.35. The summed E-state index contributed by atoms with van der Waals surface area (Å²) in [6.07, 6.45) is 1.61. The molecule has 2 aromatic carbocycles. The largest absolute Gasteiger partial charge is 0.381 e. The van der Waals surface area contributed by atoms with Crippen molar-refractivity contribution >= 4 is 23.0 Å². The molecule has 1 aliphatic rings. The van der Waals surface area contributed by atoms with Crippen LogP contribution in [0.5, 0.6) is 0 Å². The van der Waals surface area contributed by atoms with E-state index in [-0.39, 0.29) is 11.8 Å². The average molecular weight is 324 g/mol. The molecule has 0 bridgehead atoms. The Morgan fingerprint density at radius 2 is 1.54 bits per heavy atom. The number of benzene rings is 2. The maximum atomic E-state index is 12.3. The van der Waals surface area contributed by atoms with E-state index in [0.29, 0.717) is 13.2 Å². The molecule has 3 rings (SSSR count). The number of amides is 1. The molecule has 1 fully saturated rings. The Balaban J connectivity index is 1.64. The van der Waals surface area contributed by atoms with Crippen LogP contribution >= 0.6 is 0 Å². The van der Waals surface area contributed by atoms with Crippen LogP contribution in [-0.4, -0.2) is 19.1 Å². The first-order chi connectivity index (χ1) is 11.6. The molecule has 0 atom stereocenters. The molecule has 4 nitrogen and oxygen atoms in total. The third-order valence-corrected chi connectivity index (χ3v) is 4.49. The lowest BCUT2D eigenvalue weighted by atomic mass is 9.99. The highest BCUT2D eigenvalue weighted by atomic mass is 16.5. The van der Waals surface area contributed by atoms with Crippen molar-refractivity contribution in [3.8, 4) is 0 Å². The van der Waals surface area contributed by atoms with Crippen molar-refractivity contribution < 1.29 is 9.53 Å². The van der Waals surface area contributed by atoms with Gasteiger partial charge in [-0.15, -0.1) is 0 Å². The van der Waals surface area contributed by atoms with Crippen molar-refractivity contribution in [3.05, 3.63) is 53.6 Å². The summed E-state index contributed by atoms with van der Waals surface area (Å²) in [5.74, 6) is 0.153. The fourth-order valence-electron chi connectivity index (χ4n) is 3.00. The standard InChI is InChI=1S/C20H24N2O2/c1-14-4-3-5-15(2)19(14)21-17-6-8-18(9-7-17)22-20(23)16-10-12-24-13-11-16/h3-9,16,21H,10-13H2,1-2H3,(H,22,23). The van der Waals surface area contributed by atoms with Crippen LogP contribution in [0.4, 0.5) is 17.1 Å². The van der Waals surface area contributed by atoms with E-state index < -0.39 is 0 Å². The van der Waals surface area contributed by atoms with E-state index in [0.717, 1.165) is 29.9 Å². The number of rotatable bonds is 4. The molecule has 2 N–H and O–H groups in total. The molecule has 0 aromatic heterocycles. The van der Waals surface area contributed by atoms with E-state index in [4.69, 9.17) is 4.74 Å². The molecule has 126 valence electrons. The maximum absolute atomic E-state index is 12.3. The Morgan fingerprint density at radius 1 is 0.958 bits per heavy atom. The fraction of sp³-hybridized carbons (Fsp3) is 0.350. The fourth-order valence-corrected chi connectivity index (χ4v) is 3.00. The first-order valence-electron chi connectivity index (χ1n) is 8.45. The van der Waals surface area contributed by atoms with E-state index in [1.807, 2.05) is 24.3 Å². The average Bonchev–Trinajstić information content (AvgIpc) is 2.60. The Morgan fingerprint density at radius 3 is 2.17 bits per heavy atom. The van der Waals surface area contributed by atoms with Crippen molar-refractivity contribution in [1.82, 2.24) is 0 Å². The summed E-state index contributed by atoms with van der Waals surface area (Å²) in [5.41, 5.74) is 5.41. The second kappa shape index (κ2) is 7.49. The molecule has 1 saturated heterocycles. The molecule has 0 aliphatic carbocycles. The van der Waals surface area contributed by atoms with Crippen molar-refractivity contribution in [2.45, 2.75) is 26.7 Å². The monoisotopic (exact) mass is 324 g/mol. The summed E-state index contributed by atoms with van der Waals surface area (Å²) in [5, 5.41) is 6.46. The van der Waals surface area contributed by atoms with E-state index in [9.17, 15) is 4.79 Å². The van der Waals surface area contributed by atoms with Gasteiger partial charge in [-0.3, -0.25) is 4.79 Å². The van der Waals surface area contributed by atoms with Crippen LogP contribution in [0.2, 0.25) is 0 Å². The van der Waals surface area contributed by atoms with Gasteiger partial charge in [-0.05, 0) is 62.1 Å². The number of ether oxygens (including phenoxy) is 1. The molecule has 1 heterocycles. The minimum absolute atomic E-state index is 0.0613. The van der Waals surface area contributed by atoms with Gasteiger partial charge in [-0.25, -0.2) is 0 Å². The first kappa shape index (κ1) is 16.5. The Hall–Kier alpha value is -2.33. The molecular weight excluding hydrogens is 300 g/mol. The molecule has 24 heavy (non-hydrogen) atoms. The van der Waals surface area contributed by atoms with Gasteiger partial charge >= 0.3 is 0 Å². The molecular formula is C20H24N2O2. The molecule has 2 aromatic rings. The quantitative estimate of drug-likeness (QED) is 0.876. The summed E-state index contributed by atoms with van der Waals surface area (Å²) in [7, 11) is 0. The highest BCUT2D eigenvalue weighted by Gasteiger charge is 2.21. The number of hydrogen-bond acceptors (Lipinski definition) is 3. The predicted octanol–water partition coefficient (Wildman–Crippen LogP) is 4.41. The molecule has 0 spiro atoms. The van der Waals surface area contributed by atoms with Crippen LogP contribution in [0.15, 0.2) is 42.5 Å². The van der Waals surface area contributed by atoms with E-state index in [2.05, 4.69) is 42.7 Å². The van der Waals surface area contributed by atoms with Gasteiger partial charge in [-0.1, -0.05) is 18.2 Å². The smallest absolute Gasteiger partial charge is 0.227 e. The summed E-state index contributed by atoms with van der Waals surface area (Å²) in [6, 6.07) is 14.1. The number of hydrogen-bond donors (Lipinski definition) is 2. The van der Waals surface area contributed by atoms with Crippen molar-refractivity contribution in [2.75, 3.05) is 23.8 Å². The van der Waals surface area contributed by atoms with Crippen molar-refractivity contribution in [3.63, 3.8) is 0 Å². The van der Waals surface area contributed by atoms with Crippen LogP contribution in [0.3, 0.4) is 0 Å². The zero-order chi connectivity index (χ0) is 16.9. The lowest BCUT2D eigenvalue weighted by molar-refractivity contribution is -0.122. The predicted molar refractivity (Wildman–Crippen MR) is 97.8 cm³/mol. The van der Waals surface area contributed by atoms with Crippen molar-refractivity contribution in [2.24, 2.45) is 5.92 Å². The number of anilines is 3. The van der Waals surface area contributed by atoms with E-state index in [1.165, 1.54) is 11.1 Å². The Labute approximate surface area is 143 Å². The van der Waals surface area contributed by atoms with E-state index in [1.54, 1.807) is 0 Å². The molecule has 0 unspecified atom stereocenters. The lowest BCUT2D eigenvalue weighted by Crippen LogP contribution is -2.28. The van der Waals surface area contributed by atoms with Gasteiger partial charge in [0, 0.05) is 36.2 Å². The van der Waals surface area contributed by atoms with Crippen LogP contribution in [0.1, 0.15) is 24.0 Å². The van der Waals surface area contributed by atoms with Crippen molar-refractivity contribution in [1.29, 1.82) is 0 Å². The molecule has 0 radical (unpaired) electrons. The Bertz CT molecular complexity index is 684.